The quantitative estimate of drug-likeness (QED) is 0.559. The summed E-state index contributed by atoms with van der Waals surface area (Å²) in [5.74, 6) is -0.434. The molecule has 12 heteroatoms. The smallest absolute Gasteiger partial charge is 0.344 e. The van der Waals surface area contributed by atoms with Crippen molar-refractivity contribution in [1.29, 1.82) is 0 Å². The second-order valence-electron chi connectivity index (χ2n) is 7.13. The van der Waals surface area contributed by atoms with E-state index in [4.69, 9.17) is 16.3 Å². The minimum atomic E-state index is -4.07. The summed E-state index contributed by atoms with van der Waals surface area (Å²) in [5, 5.41) is 5.29. The Bertz CT molecular complexity index is 1260. The molecule has 2 heterocycles. The van der Waals surface area contributed by atoms with Gasteiger partial charge in [-0.1, -0.05) is 35.1 Å². The van der Waals surface area contributed by atoms with Crippen molar-refractivity contribution in [1.82, 2.24) is 15.6 Å². The average Bonchev–Trinajstić information content (AvgIpc) is 3.37. The summed E-state index contributed by atoms with van der Waals surface area (Å²) in [6.45, 7) is 1.53. The highest BCUT2D eigenvalue weighted by Crippen LogP contribution is 2.30. The largest absolute Gasteiger partial charge is 0.489 e. The fraction of sp³-hybridized carbons (Fsp3) is 0.250. The van der Waals surface area contributed by atoms with Crippen molar-refractivity contribution in [3.8, 4) is 5.75 Å². The first-order valence-corrected chi connectivity index (χ1v) is 12.6. The van der Waals surface area contributed by atoms with Gasteiger partial charge in [0.1, 0.15) is 11.9 Å². The molecular weight excluding hydrogens is 476 g/mol. The van der Waals surface area contributed by atoms with Crippen molar-refractivity contribution in [3.63, 3.8) is 0 Å². The molecule has 0 radical (unpaired) electrons. The first kappa shape index (κ1) is 22.5. The number of ether oxygens (including phenoxy) is 1. The van der Waals surface area contributed by atoms with Gasteiger partial charge in [-0.2, -0.15) is 4.31 Å². The van der Waals surface area contributed by atoms with Crippen LogP contribution >= 0.6 is 22.9 Å². The number of halogens is 1. The predicted molar refractivity (Wildman–Crippen MR) is 123 cm³/mol. The normalized spacial score (nSPS) is 16.1. The lowest BCUT2D eigenvalue weighted by Gasteiger charge is -2.18. The summed E-state index contributed by atoms with van der Waals surface area (Å²) in [4.78, 5) is 29.8. The number of rotatable bonds is 5. The van der Waals surface area contributed by atoms with Gasteiger partial charge < -0.3 is 10.1 Å². The maximum Gasteiger partial charge on any atom is 0.344 e. The molecule has 0 spiro atoms. The topological polar surface area (TPSA) is 118 Å². The van der Waals surface area contributed by atoms with Gasteiger partial charge in [-0.05, 0) is 43.3 Å². The molecule has 1 aliphatic heterocycles. The van der Waals surface area contributed by atoms with Crippen LogP contribution in [-0.2, 0) is 10.0 Å². The zero-order valence-electron chi connectivity index (χ0n) is 16.9. The van der Waals surface area contributed by atoms with Crippen molar-refractivity contribution < 1.29 is 22.7 Å². The molecule has 4 rings (SSSR count). The van der Waals surface area contributed by atoms with E-state index in [1.165, 1.54) is 12.1 Å². The van der Waals surface area contributed by atoms with Gasteiger partial charge >= 0.3 is 6.03 Å². The van der Waals surface area contributed by atoms with Crippen LogP contribution in [0.15, 0.2) is 42.5 Å². The van der Waals surface area contributed by atoms with Crippen LogP contribution in [0.5, 0.6) is 5.75 Å². The molecule has 168 valence electrons. The third kappa shape index (κ3) is 4.85. The molecule has 32 heavy (non-hydrogen) atoms. The maximum absolute atomic E-state index is 12.8. The number of hydrogen-bond donors (Lipinski definition) is 2. The van der Waals surface area contributed by atoms with E-state index in [2.05, 4.69) is 15.6 Å². The Labute approximate surface area is 193 Å². The van der Waals surface area contributed by atoms with E-state index >= 15 is 0 Å². The first-order valence-electron chi connectivity index (χ1n) is 9.60. The molecule has 1 saturated heterocycles. The van der Waals surface area contributed by atoms with Gasteiger partial charge in [0.05, 0.1) is 27.1 Å². The van der Waals surface area contributed by atoms with Crippen LogP contribution in [0.25, 0.3) is 10.2 Å². The van der Waals surface area contributed by atoms with E-state index < -0.39 is 22.0 Å². The summed E-state index contributed by atoms with van der Waals surface area (Å²) in [6.07, 6.45) is 1.66. The number of nitrogens with one attached hydrogen (secondary N) is 2. The van der Waals surface area contributed by atoms with Crippen LogP contribution in [-0.4, -0.2) is 50.8 Å². The molecule has 2 aromatic carbocycles. The van der Waals surface area contributed by atoms with Gasteiger partial charge in [-0.25, -0.2) is 18.2 Å². The third-order valence-corrected chi connectivity index (χ3v) is 7.16. The predicted octanol–water partition coefficient (Wildman–Crippen LogP) is 3.01. The zero-order valence-corrected chi connectivity index (χ0v) is 19.3. The molecule has 1 unspecified atom stereocenters. The van der Waals surface area contributed by atoms with Crippen LogP contribution in [0, 0.1) is 0 Å². The molecule has 9 nitrogen and oxygen atoms in total. The number of carbonyl (C=O) groups is 2. The number of amides is 3. The molecule has 0 bridgehead atoms. The second kappa shape index (κ2) is 9.02. The average molecular weight is 495 g/mol. The Balaban J connectivity index is 1.57. The summed E-state index contributed by atoms with van der Waals surface area (Å²) >= 11 is 7.17. The Morgan fingerprint density at radius 3 is 2.75 bits per heavy atom. The number of hydrogen-bond acceptors (Lipinski definition) is 8. The van der Waals surface area contributed by atoms with Gasteiger partial charge in [0, 0.05) is 6.54 Å². The van der Waals surface area contributed by atoms with Crippen LogP contribution in [0.4, 0.5) is 9.93 Å². The standard InChI is InChI=1S/C20H19ClN4O5S2/c1-32(28,29)25(20-23-16-4-2-3-5-17(16)31-20)19(27)24-18(26)14-10-12(6-7-15(14)21)30-13-8-9-22-11-13/h2-7,10,13,22H,8-9,11H2,1H3,(H,24,26,27). The summed E-state index contributed by atoms with van der Waals surface area (Å²) in [7, 11) is -4.07. The van der Waals surface area contributed by atoms with E-state index in [0.29, 0.717) is 26.8 Å². The van der Waals surface area contributed by atoms with Gasteiger partial charge in [0.2, 0.25) is 15.2 Å². The molecule has 1 aliphatic rings. The fourth-order valence-electron chi connectivity index (χ4n) is 3.21. The Morgan fingerprint density at radius 1 is 1.28 bits per heavy atom. The molecule has 1 aromatic heterocycles. The maximum atomic E-state index is 12.8. The molecular formula is C20H19ClN4O5S2. The van der Waals surface area contributed by atoms with Crippen LogP contribution < -0.4 is 19.7 Å². The molecule has 2 N–H and O–H groups in total. The number of carbonyl (C=O) groups excluding carboxylic acids is 2. The van der Waals surface area contributed by atoms with Gasteiger partial charge in [0.25, 0.3) is 5.91 Å². The number of aromatic nitrogens is 1. The zero-order chi connectivity index (χ0) is 22.9. The molecule has 1 fully saturated rings. The monoisotopic (exact) mass is 494 g/mol. The minimum absolute atomic E-state index is 0.0128. The van der Waals surface area contributed by atoms with Gasteiger partial charge in [-0.3, -0.25) is 10.1 Å². The number of benzene rings is 2. The van der Waals surface area contributed by atoms with Gasteiger partial charge in [0.15, 0.2) is 0 Å². The first-order chi connectivity index (χ1) is 15.2. The molecule has 3 amide bonds. The third-order valence-electron chi connectivity index (χ3n) is 4.69. The van der Waals surface area contributed by atoms with Crippen molar-refractivity contribution in [2.45, 2.75) is 12.5 Å². The number of imide groups is 1. The molecule has 0 aliphatic carbocycles. The Hall–Kier alpha value is -2.73. The van der Waals surface area contributed by atoms with Crippen molar-refractivity contribution in [2.75, 3.05) is 23.7 Å². The number of urea groups is 1. The van der Waals surface area contributed by atoms with E-state index in [9.17, 15) is 18.0 Å². The van der Waals surface area contributed by atoms with E-state index in [1.54, 1.807) is 30.3 Å². The molecule has 1 atom stereocenters. The highest BCUT2D eigenvalue weighted by atomic mass is 35.5. The SMILES string of the molecule is CS(=O)(=O)N(C(=O)NC(=O)c1cc(OC2CCNC2)ccc1Cl)c1nc2ccccc2s1. The lowest BCUT2D eigenvalue weighted by Crippen LogP contribution is -2.45. The van der Waals surface area contributed by atoms with Crippen LogP contribution in [0.3, 0.4) is 0 Å². The van der Waals surface area contributed by atoms with Crippen molar-refractivity contribution in [3.05, 3.63) is 53.1 Å². The van der Waals surface area contributed by atoms with Crippen molar-refractivity contribution >= 4 is 60.2 Å². The summed E-state index contributed by atoms with van der Waals surface area (Å²) in [6, 6.07) is 10.4. The lowest BCUT2D eigenvalue weighted by molar-refractivity contribution is 0.0965. The minimum Gasteiger partial charge on any atom is -0.489 e. The number of para-hydroxylation sites is 1. The Morgan fingerprint density at radius 2 is 2.06 bits per heavy atom. The highest BCUT2D eigenvalue weighted by Gasteiger charge is 2.30. The summed E-state index contributed by atoms with van der Waals surface area (Å²) in [5.41, 5.74) is 0.524. The number of fused-ring (bicyclic) bond motifs is 1. The number of thiazole rings is 1. The lowest BCUT2D eigenvalue weighted by atomic mass is 10.2. The number of anilines is 1. The summed E-state index contributed by atoms with van der Waals surface area (Å²) < 4.78 is 31.7. The molecule has 0 saturated carbocycles. The van der Waals surface area contributed by atoms with Crippen LogP contribution in [0.1, 0.15) is 16.8 Å². The van der Waals surface area contributed by atoms with Crippen LogP contribution in [0.2, 0.25) is 5.02 Å². The number of nitrogens with zero attached hydrogens (tertiary/aromatic N) is 2. The second-order valence-corrected chi connectivity index (χ2v) is 10.4. The fourth-order valence-corrected chi connectivity index (χ4v) is 5.48. The highest BCUT2D eigenvalue weighted by molar-refractivity contribution is 7.93. The molecule has 3 aromatic rings. The van der Waals surface area contributed by atoms with Crippen molar-refractivity contribution in [2.24, 2.45) is 0 Å². The Kier molecular flexibility index (Phi) is 6.33. The van der Waals surface area contributed by atoms with E-state index in [0.717, 1.165) is 30.6 Å². The van der Waals surface area contributed by atoms with E-state index in [1.807, 2.05) is 0 Å². The number of sulfonamides is 1. The van der Waals surface area contributed by atoms with Gasteiger partial charge in [-0.15, -0.1) is 0 Å². The van der Waals surface area contributed by atoms with E-state index in [-0.39, 0.29) is 21.8 Å².